The Bertz CT molecular complexity index is 2330. The van der Waals surface area contributed by atoms with E-state index in [4.69, 9.17) is 4.74 Å². The fraction of sp³-hybridized carbons (Fsp3) is 0.750. The van der Waals surface area contributed by atoms with E-state index in [1.807, 2.05) is 48.5 Å². The lowest BCUT2D eigenvalue weighted by atomic mass is 9.95. The summed E-state index contributed by atoms with van der Waals surface area (Å²) in [7, 11) is 13.9. The third kappa shape index (κ3) is 19.2. The van der Waals surface area contributed by atoms with E-state index in [0.29, 0.717) is 25.0 Å². The molecule has 2 heterocycles. The predicted octanol–water partition coefficient (Wildman–Crippen LogP) is 3.55. The molecule has 0 bridgehead atoms. The zero-order valence-electron chi connectivity index (χ0n) is 53.6. The van der Waals surface area contributed by atoms with E-state index in [1.165, 1.54) is 97.4 Å². The summed E-state index contributed by atoms with van der Waals surface area (Å²) in [4.78, 5) is 160. The minimum Gasteiger partial charge on any atom is -0.451 e. The molecule has 0 aliphatic carbocycles. The third-order valence-electron chi connectivity index (χ3n) is 16.1. The number of ether oxygens (including phenoxy) is 1. The van der Waals surface area contributed by atoms with Gasteiger partial charge in [-0.1, -0.05) is 81.7 Å². The van der Waals surface area contributed by atoms with Gasteiger partial charge < -0.3 is 49.7 Å². The number of hydrogen-bond acceptors (Lipinski definition) is 13. The summed E-state index contributed by atoms with van der Waals surface area (Å²) >= 11 is 0. The number of pyridine rings is 1. The van der Waals surface area contributed by atoms with Crippen molar-refractivity contribution >= 4 is 59.1 Å². The highest BCUT2D eigenvalue weighted by atomic mass is 16.6. The van der Waals surface area contributed by atoms with Crippen molar-refractivity contribution in [1.29, 1.82) is 0 Å². The molecule has 11 atom stereocenters. The molecular formula is C60H103N11O11. The van der Waals surface area contributed by atoms with Crippen molar-refractivity contribution in [2.75, 3.05) is 70.0 Å². The van der Waals surface area contributed by atoms with Crippen LogP contribution in [0.4, 0.5) is 0 Å². The minimum atomic E-state index is -1.21. The first-order valence-electron chi connectivity index (χ1n) is 29.3. The van der Waals surface area contributed by atoms with E-state index in [2.05, 4.69) is 15.6 Å². The second-order valence-corrected chi connectivity index (χ2v) is 24.5. The first kappa shape index (κ1) is 71.9. The van der Waals surface area contributed by atoms with Gasteiger partial charge in [0.2, 0.25) is 47.3 Å². The molecule has 0 saturated carbocycles. The first-order chi connectivity index (χ1) is 38.0. The highest BCUT2D eigenvalue weighted by molar-refractivity contribution is 5.98. The summed E-state index contributed by atoms with van der Waals surface area (Å²) in [5, 5.41) is 5.73. The number of nitrogens with zero attached hydrogens (tertiary/aromatic N) is 9. The van der Waals surface area contributed by atoms with Crippen LogP contribution in [0, 0.1) is 29.6 Å². The van der Waals surface area contributed by atoms with E-state index in [9.17, 15) is 38.4 Å². The fourth-order valence-electron chi connectivity index (χ4n) is 10.5. The van der Waals surface area contributed by atoms with Crippen molar-refractivity contribution in [1.82, 2.24) is 54.8 Å². The Kier molecular flexibility index (Phi) is 28.6. The number of esters is 1. The van der Waals surface area contributed by atoms with Crippen LogP contribution in [-0.4, -0.2) is 234 Å². The van der Waals surface area contributed by atoms with E-state index >= 15 is 9.59 Å². The molecule has 2 N–H and O–H groups in total. The Hall–Kier alpha value is -6.19. The molecule has 2 rings (SSSR count). The molecule has 22 heteroatoms. The summed E-state index contributed by atoms with van der Waals surface area (Å²) in [5.41, 5.74) is 0.542. The largest absolute Gasteiger partial charge is 0.451 e. The molecule has 9 amide bonds. The maximum Gasteiger partial charge on any atom is 0.324 e. The van der Waals surface area contributed by atoms with Gasteiger partial charge in [0, 0.05) is 74.2 Å². The van der Waals surface area contributed by atoms with Crippen LogP contribution in [0.3, 0.4) is 0 Å². The zero-order chi connectivity index (χ0) is 62.9. The quantitative estimate of drug-likeness (QED) is 0.189. The summed E-state index contributed by atoms with van der Waals surface area (Å²) in [6.07, 6.45) is 1.97. The van der Waals surface area contributed by atoms with Crippen molar-refractivity contribution in [2.45, 2.75) is 195 Å². The minimum absolute atomic E-state index is 0.0368. The third-order valence-corrected chi connectivity index (χ3v) is 16.1. The molecule has 82 heavy (non-hydrogen) atoms. The highest BCUT2D eigenvalue weighted by Crippen LogP contribution is 2.24. The van der Waals surface area contributed by atoms with E-state index in [1.54, 1.807) is 71.2 Å². The Morgan fingerprint density at radius 1 is 0.695 bits per heavy atom. The molecule has 0 aromatic carbocycles. The molecule has 1 aliphatic rings. The molecule has 0 unspecified atom stereocenters. The van der Waals surface area contributed by atoms with Gasteiger partial charge in [0.1, 0.15) is 54.4 Å². The average molecular weight is 1150 g/mol. The van der Waals surface area contributed by atoms with Crippen LogP contribution >= 0.6 is 0 Å². The van der Waals surface area contributed by atoms with Crippen LogP contribution in [0.2, 0.25) is 0 Å². The van der Waals surface area contributed by atoms with Crippen LogP contribution in [-0.2, 0) is 59.1 Å². The van der Waals surface area contributed by atoms with Gasteiger partial charge in [0.15, 0.2) is 6.10 Å². The standard InChI is InChI=1S/C60H103N11O11/c1-23-39(10)49-52(73)62-40(11)53(74)69(20)46(32-35(2)3)51(72)63-44(34-43-28-24-26-30-61-43)56(77)65(16)31-27-25-29-45(57(78)66(17)42(13)55(76)71(49)22)68(19)58(79)47(33-36(4)5)70(21)54(75)41(12)67(18)59(80)50(38(8)9)82-60(81)48(37(6)7)64(14)15/h24,26,28,30,35-42,44-50H,23,25,27,29,31-34H2,1-22H3,(H,62,73)(H,63,72)/t39-,40-,41-,42-,44-,45-,46-,47-,48-,49-,50+/m0/s1. The van der Waals surface area contributed by atoms with Gasteiger partial charge in [-0.05, 0) is 109 Å². The predicted molar refractivity (Wildman–Crippen MR) is 315 cm³/mol. The van der Waals surface area contributed by atoms with E-state index < -0.39 is 131 Å². The lowest BCUT2D eigenvalue weighted by Gasteiger charge is -2.40. The molecular weight excluding hydrogens is 1050 g/mol. The zero-order valence-corrected chi connectivity index (χ0v) is 53.6. The van der Waals surface area contributed by atoms with Crippen LogP contribution < -0.4 is 10.6 Å². The molecule has 1 fully saturated rings. The fourth-order valence-corrected chi connectivity index (χ4v) is 10.5. The Morgan fingerprint density at radius 2 is 1.30 bits per heavy atom. The molecule has 0 radical (unpaired) electrons. The van der Waals surface area contributed by atoms with E-state index in [0.717, 1.165) is 0 Å². The number of aromatic nitrogens is 1. The van der Waals surface area contributed by atoms with Gasteiger partial charge in [-0.15, -0.1) is 0 Å². The molecule has 1 saturated heterocycles. The topological polar surface area (TPSA) is 243 Å². The van der Waals surface area contributed by atoms with Crippen molar-refractivity contribution < 1.29 is 52.7 Å². The molecule has 1 aromatic rings. The molecule has 1 aliphatic heterocycles. The molecule has 0 spiro atoms. The van der Waals surface area contributed by atoms with Gasteiger partial charge in [0.25, 0.3) is 5.91 Å². The van der Waals surface area contributed by atoms with Gasteiger partial charge >= 0.3 is 5.97 Å². The Balaban J connectivity index is 2.75. The summed E-state index contributed by atoms with van der Waals surface area (Å²) in [6.45, 7) is 23.3. The number of carbonyl (C=O) groups is 10. The maximum absolute atomic E-state index is 15.2. The lowest BCUT2D eigenvalue weighted by molar-refractivity contribution is -0.169. The van der Waals surface area contributed by atoms with Crippen LogP contribution in [0.1, 0.15) is 134 Å². The van der Waals surface area contributed by atoms with Crippen LogP contribution in [0.25, 0.3) is 0 Å². The second-order valence-electron chi connectivity index (χ2n) is 24.5. The van der Waals surface area contributed by atoms with Crippen LogP contribution in [0.5, 0.6) is 0 Å². The lowest BCUT2D eigenvalue weighted by Crippen LogP contribution is -2.61. The smallest absolute Gasteiger partial charge is 0.324 e. The first-order valence-corrected chi connectivity index (χ1v) is 29.3. The maximum atomic E-state index is 15.2. The number of likely N-dealkylation sites (N-methyl/N-ethyl adjacent to an activating group) is 8. The molecule has 1 aromatic heterocycles. The number of carbonyl (C=O) groups excluding carboxylic acids is 10. The van der Waals surface area contributed by atoms with Crippen molar-refractivity contribution in [3.8, 4) is 0 Å². The Labute approximate surface area is 490 Å². The van der Waals surface area contributed by atoms with Crippen molar-refractivity contribution in [3.05, 3.63) is 30.1 Å². The van der Waals surface area contributed by atoms with Gasteiger partial charge in [0.05, 0.1) is 0 Å². The number of nitrogens with one attached hydrogen (secondary N) is 2. The second kappa shape index (κ2) is 32.6. The monoisotopic (exact) mass is 1150 g/mol. The summed E-state index contributed by atoms with van der Waals surface area (Å²) in [6, 6.07) is -4.38. The van der Waals surface area contributed by atoms with Gasteiger partial charge in [-0.3, -0.25) is 57.8 Å². The van der Waals surface area contributed by atoms with E-state index in [-0.39, 0.29) is 50.0 Å². The number of rotatable bonds is 19. The molecule has 464 valence electrons. The summed E-state index contributed by atoms with van der Waals surface area (Å²) < 4.78 is 5.86. The SMILES string of the molecule is CC[C@H](C)[C@H]1C(=O)N[C@@H](C)C(=O)N(C)[C@@H](CC(C)C)C(=O)N[C@@H](Cc2ccccn2)C(=O)N(C)CCCC[C@H](N(C)C(=O)[C@H](CC(C)C)N(C)C(=O)[C@H](C)N(C)C(=O)[C@H](OC(=O)[C@H](C(C)C)N(C)C)C(C)C)C(=O)N(C)[C@@H](C)C(=O)N1C. The number of hydrogen-bond donors (Lipinski definition) is 2. The van der Waals surface area contributed by atoms with Crippen molar-refractivity contribution in [2.24, 2.45) is 29.6 Å². The van der Waals surface area contributed by atoms with Gasteiger partial charge in [-0.2, -0.15) is 0 Å². The van der Waals surface area contributed by atoms with Crippen LogP contribution in [0.15, 0.2) is 24.4 Å². The van der Waals surface area contributed by atoms with Gasteiger partial charge in [-0.25, -0.2) is 0 Å². The van der Waals surface area contributed by atoms with Crippen molar-refractivity contribution in [3.63, 3.8) is 0 Å². The normalized spacial score (nSPS) is 22.8. The summed E-state index contributed by atoms with van der Waals surface area (Å²) in [5.74, 6) is -6.88. The Morgan fingerprint density at radius 3 is 1.82 bits per heavy atom. The highest BCUT2D eigenvalue weighted by Gasteiger charge is 2.43. The molecule has 22 nitrogen and oxygen atoms in total. The average Bonchev–Trinajstić information content (AvgIpc) is 3.47. The number of amides is 9.